The van der Waals surface area contributed by atoms with E-state index in [0.717, 1.165) is 0 Å². The molecule has 7 nitrogen and oxygen atoms in total. The summed E-state index contributed by atoms with van der Waals surface area (Å²) in [7, 11) is 3.17. The second-order valence-electron chi connectivity index (χ2n) is 5.03. The van der Waals surface area contributed by atoms with Crippen molar-refractivity contribution in [2.24, 2.45) is 0 Å². The van der Waals surface area contributed by atoms with Gasteiger partial charge in [0.1, 0.15) is 17.8 Å². The third-order valence-electron chi connectivity index (χ3n) is 3.41. The molecule has 1 aromatic rings. The number of aryl methyl sites for hydroxylation is 1. The fraction of sp³-hybridized carbons (Fsp3) is 0.692. The van der Waals surface area contributed by atoms with Crippen LogP contribution in [0.2, 0.25) is 0 Å². The van der Waals surface area contributed by atoms with Crippen molar-refractivity contribution in [2.75, 3.05) is 12.9 Å². The lowest BCUT2D eigenvalue weighted by atomic mass is 10.2. The zero-order valence-electron chi connectivity index (χ0n) is 12.6. The minimum atomic E-state index is -0.559. The quantitative estimate of drug-likeness (QED) is 0.582. The highest BCUT2D eigenvalue weighted by Gasteiger charge is 2.38. The predicted molar refractivity (Wildman–Crippen MR) is 87.1 cm³/mol. The maximum Gasteiger partial charge on any atom is 0.330 e. The molecule has 0 radical (unpaired) electrons. The number of hydrogen-bond acceptors (Lipinski definition) is 7. The van der Waals surface area contributed by atoms with Crippen molar-refractivity contribution in [3.05, 3.63) is 32.6 Å². The maximum absolute atomic E-state index is 11.9. The summed E-state index contributed by atoms with van der Waals surface area (Å²) in [5.41, 5.74) is -0.551. The molecule has 9 heteroatoms. The lowest BCUT2D eigenvalue weighted by Crippen LogP contribution is -2.33. The van der Waals surface area contributed by atoms with E-state index in [1.807, 2.05) is 13.2 Å². The molecule has 4 atom stereocenters. The van der Waals surface area contributed by atoms with Crippen LogP contribution in [0.3, 0.4) is 0 Å². The Kier molecular flexibility index (Phi) is 6.16. The lowest BCUT2D eigenvalue weighted by Gasteiger charge is -2.20. The maximum atomic E-state index is 11.9. The molecular formula is C13H20N2O5S2. The van der Waals surface area contributed by atoms with Gasteiger partial charge in [-0.2, -0.15) is 0 Å². The van der Waals surface area contributed by atoms with E-state index in [1.54, 1.807) is 28.5 Å². The number of aromatic amines is 1. The summed E-state index contributed by atoms with van der Waals surface area (Å²) in [6, 6.07) is 0. The summed E-state index contributed by atoms with van der Waals surface area (Å²) >= 11 is 0. The summed E-state index contributed by atoms with van der Waals surface area (Å²) in [5, 5.41) is 9.45. The number of H-pyrrole nitrogens is 1. The third kappa shape index (κ3) is 3.96. The van der Waals surface area contributed by atoms with E-state index >= 15 is 0 Å². The van der Waals surface area contributed by atoms with Crippen molar-refractivity contribution in [1.82, 2.24) is 9.55 Å². The summed E-state index contributed by atoms with van der Waals surface area (Å²) in [4.78, 5) is 25.6. The molecule has 1 aromatic heterocycles. The van der Waals surface area contributed by atoms with Gasteiger partial charge in [-0.25, -0.2) is 4.79 Å². The first-order valence-corrected chi connectivity index (χ1v) is 9.51. The molecule has 2 rings (SSSR count). The highest BCUT2D eigenvalue weighted by Crippen LogP contribution is 2.33. The number of aromatic nitrogens is 2. The summed E-state index contributed by atoms with van der Waals surface area (Å²) in [6.07, 6.45) is 2.53. The van der Waals surface area contributed by atoms with Crippen molar-refractivity contribution in [2.45, 2.75) is 44.1 Å². The zero-order chi connectivity index (χ0) is 16.3. The largest absolute Gasteiger partial charge is 0.394 e. The van der Waals surface area contributed by atoms with Crippen LogP contribution in [-0.4, -0.2) is 45.2 Å². The van der Waals surface area contributed by atoms with Crippen LogP contribution in [0, 0.1) is 6.92 Å². The van der Waals surface area contributed by atoms with E-state index in [4.69, 9.17) is 9.47 Å². The standard InChI is InChI=1S/C13H20N2O5S2/c1-7-5-15(13(18)14-12(7)17)11-4-9(10(6-16)20-11)19-8(2)22-21-3/h5,8-11,16H,4,6H2,1-3H3,(H,14,17,18). The molecule has 1 aliphatic heterocycles. The van der Waals surface area contributed by atoms with Crippen molar-refractivity contribution in [1.29, 1.82) is 0 Å². The molecule has 22 heavy (non-hydrogen) atoms. The molecule has 0 spiro atoms. The molecule has 1 aliphatic rings. The molecule has 0 aromatic carbocycles. The first-order chi connectivity index (χ1) is 10.5. The van der Waals surface area contributed by atoms with E-state index in [1.165, 1.54) is 10.8 Å². The number of aliphatic hydroxyl groups is 1. The van der Waals surface area contributed by atoms with Gasteiger partial charge < -0.3 is 14.6 Å². The summed E-state index contributed by atoms with van der Waals surface area (Å²) in [5.74, 6) is 0. The summed E-state index contributed by atoms with van der Waals surface area (Å²) < 4.78 is 12.9. The Bertz CT molecular complexity index is 617. The van der Waals surface area contributed by atoms with Gasteiger partial charge in [0.15, 0.2) is 0 Å². The number of aliphatic hydroxyl groups excluding tert-OH is 1. The molecule has 4 unspecified atom stereocenters. The van der Waals surface area contributed by atoms with Crippen LogP contribution in [-0.2, 0) is 9.47 Å². The first kappa shape index (κ1) is 17.6. The normalized spacial score (nSPS) is 26.3. The average Bonchev–Trinajstić information content (AvgIpc) is 2.85. The topological polar surface area (TPSA) is 93.6 Å². The Morgan fingerprint density at radius 1 is 1.59 bits per heavy atom. The Labute approximate surface area is 135 Å². The number of ether oxygens (including phenoxy) is 2. The Balaban J connectivity index is 2.16. The van der Waals surface area contributed by atoms with E-state index in [9.17, 15) is 14.7 Å². The Hall–Kier alpha value is -0.740. The van der Waals surface area contributed by atoms with E-state index in [-0.39, 0.29) is 18.1 Å². The molecule has 0 amide bonds. The van der Waals surface area contributed by atoms with Crippen LogP contribution >= 0.6 is 21.6 Å². The van der Waals surface area contributed by atoms with Crippen molar-refractivity contribution in [3.63, 3.8) is 0 Å². The van der Waals surface area contributed by atoms with Crippen LogP contribution < -0.4 is 11.2 Å². The zero-order valence-corrected chi connectivity index (χ0v) is 14.3. The van der Waals surface area contributed by atoms with Crippen LogP contribution in [0.15, 0.2) is 15.8 Å². The molecule has 124 valence electrons. The molecule has 2 N–H and O–H groups in total. The van der Waals surface area contributed by atoms with Crippen LogP contribution in [0.25, 0.3) is 0 Å². The van der Waals surface area contributed by atoms with Gasteiger partial charge in [-0.05, 0) is 20.1 Å². The molecule has 0 bridgehead atoms. The fourth-order valence-corrected chi connectivity index (χ4v) is 3.79. The molecule has 1 saturated heterocycles. The number of hydrogen-bond donors (Lipinski definition) is 2. The van der Waals surface area contributed by atoms with Crippen molar-refractivity contribution >= 4 is 21.6 Å². The molecule has 0 aliphatic carbocycles. The van der Waals surface area contributed by atoms with Crippen LogP contribution in [0.4, 0.5) is 0 Å². The van der Waals surface area contributed by atoms with Crippen LogP contribution in [0.1, 0.15) is 25.1 Å². The van der Waals surface area contributed by atoms with Crippen molar-refractivity contribution < 1.29 is 14.6 Å². The van der Waals surface area contributed by atoms with E-state index < -0.39 is 23.6 Å². The smallest absolute Gasteiger partial charge is 0.330 e. The molecule has 1 fully saturated rings. The number of nitrogens with zero attached hydrogens (tertiary/aromatic N) is 1. The van der Waals surface area contributed by atoms with Gasteiger partial charge in [-0.1, -0.05) is 21.6 Å². The first-order valence-electron chi connectivity index (χ1n) is 6.89. The van der Waals surface area contributed by atoms with Crippen LogP contribution in [0.5, 0.6) is 0 Å². The Morgan fingerprint density at radius 3 is 2.95 bits per heavy atom. The van der Waals surface area contributed by atoms with E-state index in [2.05, 4.69) is 4.98 Å². The highest BCUT2D eigenvalue weighted by atomic mass is 33.1. The predicted octanol–water partition coefficient (Wildman–Crippen LogP) is 0.867. The van der Waals surface area contributed by atoms with Gasteiger partial charge in [0.25, 0.3) is 5.56 Å². The van der Waals surface area contributed by atoms with Crippen molar-refractivity contribution in [3.8, 4) is 0 Å². The van der Waals surface area contributed by atoms with Gasteiger partial charge >= 0.3 is 5.69 Å². The number of rotatable bonds is 6. The fourth-order valence-electron chi connectivity index (χ4n) is 2.38. The van der Waals surface area contributed by atoms with Gasteiger partial charge in [0, 0.05) is 18.2 Å². The number of nitrogens with one attached hydrogen (secondary N) is 1. The monoisotopic (exact) mass is 348 g/mol. The lowest BCUT2D eigenvalue weighted by molar-refractivity contribution is -0.0645. The average molecular weight is 348 g/mol. The Morgan fingerprint density at radius 2 is 2.32 bits per heavy atom. The highest BCUT2D eigenvalue weighted by molar-refractivity contribution is 8.76. The minimum absolute atomic E-state index is 0.0505. The second kappa shape index (κ2) is 7.69. The molecular weight excluding hydrogens is 328 g/mol. The summed E-state index contributed by atoms with van der Waals surface area (Å²) in [6.45, 7) is 3.37. The van der Waals surface area contributed by atoms with Gasteiger partial charge in [0.05, 0.1) is 12.7 Å². The molecule has 2 heterocycles. The SMILES string of the molecule is CSSC(C)OC1CC(n2cc(C)c(=O)[nH]c2=O)OC1CO. The molecule has 0 saturated carbocycles. The minimum Gasteiger partial charge on any atom is -0.394 e. The van der Waals surface area contributed by atoms with Gasteiger partial charge in [0.2, 0.25) is 0 Å². The van der Waals surface area contributed by atoms with Gasteiger partial charge in [-0.3, -0.25) is 14.3 Å². The third-order valence-corrected chi connectivity index (χ3v) is 5.38. The van der Waals surface area contributed by atoms with E-state index in [0.29, 0.717) is 12.0 Å². The second-order valence-corrected chi connectivity index (χ2v) is 7.80. The van der Waals surface area contributed by atoms with Gasteiger partial charge in [-0.15, -0.1) is 0 Å².